The van der Waals surface area contributed by atoms with Crippen LogP contribution in [0, 0.1) is 0 Å². The van der Waals surface area contributed by atoms with Crippen LogP contribution >= 0.6 is 0 Å². The number of likely N-dealkylation sites (tertiary alicyclic amines) is 1. The summed E-state index contributed by atoms with van der Waals surface area (Å²) in [6, 6.07) is 17.1. The van der Waals surface area contributed by atoms with Gasteiger partial charge in [-0.2, -0.15) is 5.10 Å². The van der Waals surface area contributed by atoms with Crippen molar-refractivity contribution < 1.29 is 9.53 Å². The molecule has 0 radical (unpaired) electrons. The standard InChI is InChI=1S/C27H30N6O2/c1-3-23-25(27(28)30-18-29-23)26(32-31-20-9-8-16-33(17-20)24(34)4-2)19-12-14-22(15-13-19)35-21-10-6-5-7-11-21/h4-7,10-15,18,26,32H,2-3,8-9,16-17H2,1H3,(H2,28,29,30)/b31-20+. The summed E-state index contributed by atoms with van der Waals surface area (Å²) in [6.45, 7) is 6.80. The first-order valence-electron chi connectivity index (χ1n) is 11.7. The van der Waals surface area contributed by atoms with E-state index >= 15 is 0 Å². The molecule has 1 atom stereocenters. The normalized spacial score (nSPS) is 15.5. The van der Waals surface area contributed by atoms with Crippen LogP contribution < -0.4 is 15.9 Å². The van der Waals surface area contributed by atoms with E-state index in [1.165, 1.54) is 12.4 Å². The van der Waals surface area contributed by atoms with Crippen LogP contribution in [-0.4, -0.2) is 39.6 Å². The predicted octanol–water partition coefficient (Wildman–Crippen LogP) is 4.26. The number of carbonyl (C=O) groups is 1. The Bertz CT molecular complexity index is 1190. The minimum atomic E-state index is -0.366. The number of benzene rings is 2. The second-order valence-corrected chi connectivity index (χ2v) is 8.26. The number of nitrogens with two attached hydrogens (primary N) is 1. The van der Waals surface area contributed by atoms with Crippen molar-refractivity contribution in [2.45, 2.75) is 32.2 Å². The average Bonchev–Trinajstić information content (AvgIpc) is 2.90. The predicted molar refractivity (Wildman–Crippen MR) is 137 cm³/mol. The first-order valence-corrected chi connectivity index (χ1v) is 11.7. The fourth-order valence-electron chi connectivity index (χ4n) is 4.12. The van der Waals surface area contributed by atoms with Crippen LogP contribution in [0.25, 0.3) is 0 Å². The molecule has 1 saturated heterocycles. The molecular weight excluding hydrogens is 440 g/mol. The van der Waals surface area contributed by atoms with Gasteiger partial charge in [-0.05, 0) is 55.2 Å². The van der Waals surface area contributed by atoms with Crippen LogP contribution in [0.3, 0.4) is 0 Å². The van der Waals surface area contributed by atoms with E-state index in [-0.39, 0.29) is 11.9 Å². The molecule has 3 N–H and O–H groups in total. The van der Waals surface area contributed by atoms with Gasteiger partial charge in [-0.15, -0.1) is 0 Å². The molecular formula is C27H30N6O2. The summed E-state index contributed by atoms with van der Waals surface area (Å²) < 4.78 is 5.94. The second kappa shape index (κ2) is 11.3. The van der Waals surface area contributed by atoms with E-state index < -0.39 is 0 Å². The largest absolute Gasteiger partial charge is 0.457 e. The zero-order chi connectivity index (χ0) is 24.6. The van der Waals surface area contributed by atoms with E-state index in [4.69, 9.17) is 15.6 Å². The van der Waals surface area contributed by atoms with Crippen molar-refractivity contribution in [3.05, 3.63) is 90.4 Å². The highest BCUT2D eigenvalue weighted by atomic mass is 16.5. The number of hydrogen-bond donors (Lipinski definition) is 2. The van der Waals surface area contributed by atoms with Gasteiger partial charge < -0.3 is 15.4 Å². The molecule has 8 nitrogen and oxygen atoms in total. The van der Waals surface area contributed by atoms with Crippen LogP contribution in [0.2, 0.25) is 0 Å². The maximum Gasteiger partial charge on any atom is 0.246 e. The van der Waals surface area contributed by atoms with Crippen LogP contribution in [-0.2, 0) is 11.2 Å². The maximum atomic E-state index is 12.1. The van der Waals surface area contributed by atoms with E-state index in [2.05, 4.69) is 22.0 Å². The number of nitrogens with zero attached hydrogens (tertiary/aromatic N) is 4. The number of aryl methyl sites for hydroxylation is 1. The molecule has 1 aliphatic rings. The highest BCUT2D eigenvalue weighted by Crippen LogP contribution is 2.30. The Morgan fingerprint density at radius 3 is 2.66 bits per heavy atom. The number of para-hydroxylation sites is 1. The van der Waals surface area contributed by atoms with Gasteiger partial charge in [-0.25, -0.2) is 9.97 Å². The number of anilines is 1. The number of rotatable bonds is 8. The summed E-state index contributed by atoms with van der Waals surface area (Å²) in [4.78, 5) is 22.5. The third-order valence-electron chi connectivity index (χ3n) is 5.92. The Kier molecular flexibility index (Phi) is 7.72. The number of amides is 1. The number of ether oxygens (including phenoxy) is 1. The van der Waals surface area contributed by atoms with Gasteiger partial charge in [-0.3, -0.25) is 10.2 Å². The van der Waals surface area contributed by atoms with Gasteiger partial charge >= 0.3 is 0 Å². The fraction of sp³-hybridized carbons (Fsp3) is 0.259. The smallest absolute Gasteiger partial charge is 0.246 e. The van der Waals surface area contributed by atoms with E-state index in [9.17, 15) is 4.79 Å². The van der Waals surface area contributed by atoms with Crippen molar-refractivity contribution in [1.29, 1.82) is 0 Å². The van der Waals surface area contributed by atoms with E-state index in [0.717, 1.165) is 46.9 Å². The molecule has 35 heavy (non-hydrogen) atoms. The van der Waals surface area contributed by atoms with Crippen molar-refractivity contribution in [1.82, 2.24) is 20.3 Å². The minimum absolute atomic E-state index is 0.0862. The zero-order valence-electron chi connectivity index (χ0n) is 19.9. The third kappa shape index (κ3) is 5.84. The zero-order valence-corrected chi connectivity index (χ0v) is 19.9. The molecule has 3 aromatic rings. The van der Waals surface area contributed by atoms with Gasteiger partial charge in [0.15, 0.2) is 0 Å². The molecule has 0 spiro atoms. The monoisotopic (exact) mass is 470 g/mol. The number of piperidine rings is 1. The highest BCUT2D eigenvalue weighted by Gasteiger charge is 2.23. The van der Waals surface area contributed by atoms with Crippen molar-refractivity contribution in [2.75, 3.05) is 18.8 Å². The van der Waals surface area contributed by atoms with Crippen molar-refractivity contribution in [2.24, 2.45) is 5.10 Å². The molecule has 1 aliphatic heterocycles. The maximum absolute atomic E-state index is 12.1. The molecule has 1 amide bonds. The van der Waals surface area contributed by atoms with Gasteiger partial charge in [0.1, 0.15) is 23.6 Å². The Labute approximate surface area is 205 Å². The average molecular weight is 471 g/mol. The summed E-state index contributed by atoms with van der Waals surface area (Å²) in [5.74, 6) is 1.82. The number of hydrogen-bond acceptors (Lipinski definition) is 7. The van der Waals surface area contributed by atoms with Crippen molar-refractivity contribution in [3.8, 4) is 11.5 Å². The molecule has 0 bridgehead atoms. The number of nitrogens with one attached hydrogen (secondary N) is 1. The van der Waals surface area contributed by atoms with Crippen LogP contribution in [0.4, 0.5) is 5.82 Å². The number of nitrogen functional groups attached to an aromatic ring is 1. The fourth-order valence-corrected chi connectivity index (χ4v) is 4.12. The number of hydrazone groups is 1. The highest BCUT2D eigenvalue weighted by molar-refractivity contribution is 5.94. The van der Waals surface area contributed by atoms with E-state index in [0.29, 0.717) is 25.3 Å². The third-order valence-corrected chi connectivity index (χ3v) is 5.92. The molecule has 1 aromatic heterocycles. The molecule has 0 aliphatic carbocycles. The summed E-state index contributed by atoms with van der Waals surface area (Å²) in [6.07, 6.45) is 5.19. The van der Waals surface area contributed by atoms with Crippen LogP contribution in [0.15, 0.2) is 78.7 Å². The van der Waals surface area contributed by atoms with Gasteiger partial charge in [0.2, 0.25) is 5.91 Å². The van der Waals surface area contributed by atoms with Crippen molar-refractivity contribution in [3.63, 3.8) is 0 Å². The quantitative estimate of drug-likeness (QED) is 0.376. The minimum Gasteiger partial charge on any atom is -0.457 e. The first-order chi connectivity index (χ1) is 17.1. The lowest BCUT2D eigenvalue weighted by Gasteiger charge is -2.28. The number of aromatic nitrogens is 2. The van der Waals surface area contributed by atoms with Gasteiger partial charge in [0, 0.05) is 12.1 Å². The SMILES string of the molecule is C=CC(=O)N1CCC/C(=N\NC(c2ccc(Oc3ccccc3)cc2)c2c(N)ncnc2CC)C1. The molecule has 2 heterocycles. The van der Waals surface area contributed by atoms with Crippen LogP contribution in [0.5, 0.6) is 11.5 Å². The van der Waals surface area contributed by atoms with E-state index in [1.54, 1.807) is 4.90 Å². The van der Waals surface area contributed by atoms with E-state index in [1.807, 2.05) is 61.5 Å². The second-order valence-electron chi connectivity index (χ2n) is 8.26. The Balaban J connectivity index is 1.63. The van der Waals surface area contributed by atoms with Crippen LogP contribution in [0.1, 0.15) is 42.6 Å². The van der Waals surface area contributed by atoms with Gasteiger partial charge in [-0.1, -0.05) is 43.8 Å². The Hall–Kier alpha value is -4.20. The summed E-state index contributed by atoms with van der Waals surface area (Å²) in [5.41, 5.74) is 13.1. The Morgan fingerprint density at radius 1 is 1.20 bits per heavy atom. The summed E-state index contributed by atoms with van der Waals surface area (Å²) in [5, 5.41) is 4.71. The Morgan fingerprint density at radius 2 is 1.94 bits per heavy atom. The summed E-state index contributed by atoms with van der Waals surface area (Å²) >= 11 is 0. The lowest BCUT2D eigenvalue weighted by Crippen LogP contribution is -2.40. The first kappa shape index (κ1) is 23.9. The number of carbonyl (C=O) groups excluding carboxylic acids is 1. The van der Waals surface area contributed by atoms with Gasteiger partial charge in [0.25, 0.3) is 0 Å². The molecule has 1 unspecified atom stereocenters. The molecule has 2 aromatic carbocycles. The van der Waals surface area contributed by atoms with Crippen molar-refractivity contribution >= 4 is 17.4 Å². The summed E-state index contributed by atoms with van der Waals surface area (Å²) in [7, 11) is 0. The molecule has 1 fully saturated rings. The van der Waals surface area contributed by atoms with Gasteiger partial charge in [0.05, 0.1) is 24.0 Å². The molecule has 0 saturated carbocycles. The molecule has 8 heteroatoms. The lowest BCUT2D eigenvalue weighted by molar-refractivity contribution is -0.125. The lowest BCUT2D eigenvalue weighted by atomic mass is 9.97. The molecule has 180 valence electrons. The molecule has 4 rings (SSSR count). The topological polar surface area (TPSA) is 106 Å².